The number of nitrogens with zero attached hydrogens (tertiary/aromatic N) is 1. The molecule has 1 aromatic rings. The first-order valence-electron chi connectivity index (χ1n) is 8.90. The summed E-state index contributed by atoms with van der Waals surface area (Å²) in [5.74, 6) is 1.17. The smallest absolute Gasteiger partial charge is 0.264 e. The first kappa shape index (κ1) is 18.6. The summed E-state index contributed by atoms with van der Waals surface area (Å²) in [4.78, 5) is 17.6. The van der Waals surface area contributed by atoms with Crippen molar-refractivity contribution in [3.63, 3.8) is 0 Å². The Bertz CT molecular complexity index is 737. The van der Waals surface area contributed by atoms with Crippen molar-refractivity contribution < 1.29 is 14.3 Å². The van der Waals surface area contributed by atoms with Crippen molar-refractivity contribution in [2.45, 2.75) is 38.1 Å². The third-order valence-corrected chi connectivity index (χ3v) is 5.29. The summed E-state index contributed by atoms with van der Waals surface area (Å²) < 4.78 is 10.9. The second kappa shape index (κ2) is 8.94. The zero-order valence-corrected chi connectivity index (χ0v) is 15.8. The number of methoxy groups -OCH3 is 1. The van der Waals surface area contributed by atoms with Crippen molar-refractivity contribution in [3.05, 3.63) is 41.3 Å². The highest BCUT2D eigenvalue weighted by Gasteiger charge is 2.25. The Morgan fingerprint density at radius 1 is 1.31 bits per heavy atom. The molecule has 2 fully saturated rings. The van der Waals surface area contributed by atoms with E-state index in [-0.39, 0.29) is 5.91 Å². The largest absolute Gasteiger partial charge is 0.493 e. The van der Waals surface area contributed by atoms with Gasteiger partial charge in [0.1, 0.15) is 6.61 Å². The molecule has 1 heterocycles. The van der Waals surface area contributed by atoms with Crippen molar-refractivity contribution in [1.82, 2.24) is 5.32 Å². The van der Waals surface area contributed by atoms with Gasteiger partial charge in [0.15, 0.2) is 16.7 Å². The molecule has 1 saturated carbocycles. The average Bonchev–Trinajstić information content (AvgIpc) is 3.00. The number of amidine groups is 1. The summed E-state index contributed by atoms with van der Waals surface area (Å²) >= 11 is 1.40. The minimum atomic E-state index is -0.101. The van der Waals surface area contributed by atoms with Gasteiger partial charge in [-0.05, 0) is 48.4 Å². The molecule has 3 rings (SSSR count). The van der Waals surface area contributed by atoms with Crippen LogP contribution in [-0.2, 0) is 4.79 Å². The number of nitrogens with one attached hydrogen (secondary N) is 1. The molecule has 2 aliphatic rings. The van der Waals surface area contributed by atoms with Crippen molar-refractivity contribution in [3.8, 4) is 11.5 Å². The molecular formula is C20H24N2O3S. The van der Waals surface area contributed by atoms with Gasteiger partial charge in [-0.2, -0.15) is 0 Å². The zero-order chi connectivity index (χ0) is 18.4. The van der Waals surface area contributed by atoms with Gasteiger partial charge in [-0.3, -0.25) is 9.79 Å². The number of aliphatic imine (C=N–C) groups is 1. The van der Waals surface area contributed by atoms with Gasteiger partial charge in [0, 0.05) is 0 Å². The summed E-state index contributed by atoms with van der Waals surface area (Å²) in [6.45, 7) is 4.05. The van der Waals surface area contributed by atoms with E-state index in [1.165, 1.54) is 31.0 Å². The minimum absolute atomic E-state index is 0.101. The van der Waals surface area contributed by atoms with Crippen LogP contribution in [0.3, 0.4) is 0 Å². The molecule has 26 heavy (non-hydrogen) atoms. The SMILES string of the molecule is C=CCOc1ccc(/C=C2\SC(=NC3CCCCC3)NC2=O)cc1OC. The second-order valence-corrected chi connectivity index (χ2v) is 7.33. The van der Waals surface area contributed by atoms with Crippen LogP contribution in [0.25, 0.3) is 6.08 Å². The molecule has 1 N–H and O–H groups in total. The van der Waals surface area contributed by atoms with Gasteiger partial charge in [-0.25, -0.2) is 0 Å². The fourth-order valence-corrected chi connectivity index (χ4v) is 3.95. The number of ether oxygens (including phenoxy) is 2. The van der Waals surface area contributed by atoms with Crippen LogP contribution in [0.15, 0.2) is 40.8 Å². The van der Waals surface area contributed by atoms with Crippen LogP contribution >= 0.6 is 11.8 Å². The maximum atomic E-state index is 12.2. The highest BCUT2D eigenvalue weighted by molar-refractivity contribution is 8.18. The maximum Gasteiger partial charge on any atom is 0.264 e. The number of amides is 1. The lowest BCUT2D eigenvalue weighted by Crippen LogP contribution is -2.22. The zero-order valence-electron chi connectivity index (χ0n) is 15.0. The molecule has 1 aliphatic heterocycles. The van der Waals surface area contributed by atoms with Crippen LogP contribution in [0.4, 0.5) is 0 Å². The Kier molecular flexibility index (Phi) is 6.39. The van der Waals surface area contributed by atoms with Crippen molar-refractivity contribution in [2.75, 3.05) is 13.7 Å². The lowest BCUT2D eigenvalue weighted by atomic mass is 9.96. The molecule has 6 heteroatoms. The molecule has 0 atom stereocenters. The normalized spacial score (nSPS) is 21.0. The van der Waals surface area contributed by atoms with E-state index in [2.05, 4.69) is 11.9 Å². The third-order valence-electron chi connectivity index (χ3n) is 4.37. The van der Waals surface area contributed by atoms with E-state index >= 15 is 0 Å². The van der Waals surface area contributed by atoms with Crippen LogP contribution in [0.2, 0.25) is 0 Å². The van der Waals surface area contributed by atoms with Gasteiger partial charge in [0.25, 0.3) is 5.91 Å². The Morgan fingerprint density at radius 2 is 2.12 bits per heavy atom. The lowest BCUT2D eigenvalue weighted by Gasteiger charge is -2.17. The van der Waals surface area contributed by atoms with Gasteiger partial charge in [0.05, 0.1) is 18.1 Å². The van der Waals surface area contributed by atoms with Gasteiger partial charge < -0.3 is 14.8 Å². The van der Waals surface area contributed by atoms with Crippen LogP contribution in [-0.4, -0.2) is 30.8 Å². The molecule has 1 aromatic carbocycles. The van der Waals surface area contributed by atoms with Crippen LogP contribution in [0.1, 0.15) is 37.7 Å². The van der Waals surface area contributed by atoms with Crippen molar-refractivity contribution in [1.29, 1.82) is 0 Å². The molecule has 0 unspecified atom stereocenters. The number of rotatable bonds is 6. The van der Waals surface area contributed by atoms with Crippen molar-refractivity contribution in [2.24, 2.45) is 4.99 Å². The molecule has 0 radical (unpaired) electrons. The fourth-order valence-electron chi connectivity index (χ4n) is 3.06. The van der Waals surface area contributed by atoms with E-state index in [0.717, 1.165) is 18.4 Å². The van der Waals surface area contributed by atoms with E-state index in [1.54, 1.807) is 13.2 Å². The summed E-state index contributed by atoms with van der Waals surface area (Å²) in [6.07, 6.45) is 9.50. The molecule has 1 amide bonds. The number of thioether (sulfide) groups is 1. The standard InChI is InChI=1S/C20H24N2O3S/c1-3-11-25-16-10-9-14(12-17(16)24-2)13-18-19(23)22-20(26-18)21-15-7-5-4-6-8-15/h3,9-10,12-13,15H,1,4-8,11H2,2H3,(H,21,22,23)/b18-13-. The molecule has 138 valence electrons. The van der Waals surface area contributed by atoms with Gasteiger partial charge >= 0.3 is 0 Å². The molecular weight excluding hydrogens is 348 g/mol. The van der Waals surface area contributed by atoms with E-state index in [1.807, 2.05) is 24.3 Å². The average molecular weight is 372 g/mol. The van der Waals surface area contributed by atoms with Crippen LogP contribution in [0.5, 0.6) is 11.5 Å². The molecule has 5 nitrogen and oxygen atoms in total. The first-order chi connectivity index (χ1) is 12.7. The van der Waals surface area contributed by atoms with Crippen LogP contribution < -0.4 is 14.8 Å². The summed E-state index contributed by atoms with van der Waals surface area (Å²) in [5.41, 5.74) is 0.879. The quantitative estimate of drug-likeness (QED) is 0.602. The van der Waals surface area contributed by atoms with Gasteiger partial charge in [-0.1, -0.05) is 38.0 Å². The van der Waals surface area contributed by atoms with Gasteiger partial charge in [-0.15, -0.1) is 0 Å². The number of carbonyl (C=O) groups excluding carboxylic acids is 1. The van der Waals surface area contributed by atoms with Gasteiger partial charge in [0.2, 0.25) is 0 Å². The Morgan fingerprint density at radius 3 is 2.85 bits per heavy atom. The third kappa shape index (κ3) is 4.69. The number of hydrogen-bond donors (Lipinski definition) is 1. The molecule has 1 saturated heterocycles. The number of benzene rings is 1. The number of hydrogen-bond acceptors (Lipinski definition) is 5. The Hall–Kier alpha value is -2.21. The molecule has 1 aliphatic carbocycles. The molecule has 0 aromatic heterocycles. The molecule has 0 spiro atoms. The summed E-state index contributed by atoms with van der Waals surface area (Å²) in [5, 5.41) is 3.59. The van der Waals surface area contributed by atoms with E-state index in [0.29, 0.717) is 34.2 Å². The Balaban J connectivity index is 1.73. The van der Waals surface area contributed by atoms with E-state index < -0.39 is 0 Å². The molecule has 0 bridgehead atoms. The summed E-state index contributed by atoms with van der Waals surface area (Å²) in [6, 6.07) is 5.93. The Labute approximate surface area is 158 Å². The maximum absolute atomic E-state index is 12.2. The van der Waals surface area contributed by atoms with Crippen LogP contribution in [0, 0.1) is 0 Å². The van der Waals surface area contributed by atoms with E-state index in [9.17, 15) is 4.79 Å². The highest BCUT2D eigenvalue weighted by atomic mass is 32.2. The topological polar surface area (TPSA) is 59.9 Å². The lowest BCUT2D eigenvalue weighted by molar-refractivity contribution is -0.115. The van der Waals surface area contributed by atoms with Crippen molar-refractivity contribution >= 4 is 28.9 Å². The second-order valence-electron chi connectivity index (χ2n) is 6.30. The minimum Gasteiger partial charge on any atom is -0.493 e. The predicted molar refractivity (Wildman–Crippen MR) is 107 cm³/mol. The number of carbonyl (C=O) groups is 1. The monoisotopic (exact) mass is 372 g/mol. The summed E-state index contributed by atoms with van der Waals surface area (Å²) in [7, 11) is 1.60. The highest BCUT2D eigenvalue weighted by Crippen LogP contribution is 2.32. The fraction of sp³-hybridized carbons (Fsp3) is 0.400. The first-order valence-corrected chi connectivity index (χ1v) is 9.71. The van der Waals surface area contributed by atoms with E-state index in [4.69, 9.17) is 14.5 Å². The predicted octanol–water partition coefficient (Wildman–Crippen LogP) is 4.15.